The lowest BCUT2D eigenvalue weighted by Crippen LogP contribution is -2.49. The molecule has 2 aromatic rings. The fourth-order valence-corrected chi connectivity index (χ4v) is 4.37. The first-order valence-corrected chi connectivity index (χ1v) is 13.3. The van der Waals surface area contributed by atoms with Crippen molar-refractivity contribution in [2.24, 2.45) is 5.92 Å². The lowest BCUT2D eigenvalue weighted by Gasteiger charge is -2.35. The molecule has 0 atom stereocenters. The minimum atomic E-state index is -0.520. The number of anilines is 1. The number of benzene rings is 2. The second-order valence-electron chi connectivity index (χ2n) is 11.1. The van der Waals surface area contributed by atoms with Gasteiger partial charge in [-0.1, -0.05) is 12.1 Å². The summed E-state index contributed by atoms with van der Waals surface area (Å²) in [7, 11) is 1.44. The van der Waals surface area contributed by atoms with E-state index >= 15 is 0 Å². The van der Waals surface area contributed by atoms with Crippen LogP contribution < -0.4 is 15.4 Å². The highest BCUT2D eigenvalue weighted by Crippen LogP contribution is 2.28. The van der Waals surface area contributed by atoms with Crippen LogP contribution in [0.5, 0.6) is 5.75 Å². The average molecular weight is 527 g/mol. The van der Waals surface area contributed by atoms with Crippen LogP contribution in [0, 0.1) is 11.7 Å². The van der Waals surface area contributed by atoms with E-state index in [2.05, 4.69) is 15.5 Å². The molecule has 2 N–H and O–H groups in total. The summed E-state index contributed by atoms with van der Waals surface area (Å²) in [5, 5.41) is 6.39. The molecule has 38 heavy (non-hydrogen) atoms. The van der Waals surface area contributed by atoms with E-state index in [0.29, 0.717) is 57.3 Å². The largest absolute Gasteiger partial charge is 0.494 e. The first-order valence-electron chi connectivity index (χ1n) is 13.3. The van der Waals surface area contributed by atoms with Gasteiger partial charge >= 0.3 is 6.09 Å². The molecule has 1 heterocycles. The third-order valence-corrected chi connectivity index (χ3v) is 6.73. The van der Waals surface area contributed by atoms with Crippen LogP contribution in [0.3, 0.4) is 0 Å². The van der Waals surface area contributed by atoms with E-state index in [1.54, 1.807) is 11.0 Å². The highest BCUT2D eigenvalue weighted by molar-refractivity contribution is 5.96. The number of hydrogen-bond acceptors (Lipinski definition) is 6. The standard InChI is InChI=1S/C29H39FN4O4/c1-29(2,3)38-28(36)34-13-11-33(12-14-34)19-22-8-9-23(16-24(22)27(35)32-17-20-5-6-20)31-18-21-7-10-26(37-4)25(30)15-21/h7-10,15-16,20,31H,5-6,11-14,17-19H2,1-4H3,(H,32,35). The Balaban J connectivity index is 1.41. The molecule has 1 aliphatic heterocycles. The van der Waals surface area contributed by atoms with Crippen LogP contribution in [0.25, 0.3) is 0 Å². The molecule has 0 spiro atoms. The molecular weight excluding hydrogens is 487 g/mol. The molecule has 0 unspecified atom stereocenters. The maximum atomic E-state index is 14.1. The van der Waals surface area contributed by atoms with Crippen molar-refractivity contribution in [1.29, 1.82) is 0 Å². The Kier molecular flexibility index (Phi) is 8.76. The van der Waals surface area contributed by atoms with Crippen LogP contribution in [-0.2, 0) is 17.8 Å². The Hall–Kier alpha value is -3.33. The quantitative estimate of drug-likeness (QED) is 0.496. The number of rotatable bonds is 9. The Labute approximate surface area is 224 Å². The Bertz CT molecular complexity index is 1140. The van der Waals surface area contributed by atoms with Crippen molar-refractivity contribution in [2.75, 3.05) is 45.2 Å². The van der Waals surface area contributed by atoms with Crippen LogP contribution >= 0.6 is 0 Å². The van der Waals surface area contributed by atoms with Crippen molar-refractivity contribution in [3.63, 3.8) is 0 Å². The molecule has 0 radical (unpaired) electrons. The summed E-state index contributed by atoms with van der Waals surface area (Å²) in [5.41, 5.74) is 2.61. The van der Waals surface area contributed by atoms with Gasteiger partial charge in [-0.3, -0.25) is 9.69 Å². The number of piperazine rings is 1. The molecule has 4 rings (SSSR count). The number of amides is 2. The zero-order chi connectivity index (χ0) is 27.3. The molecule has 1 aliphatic carbocycles. The SMILES string of the molecule is COc1ccc(CNc2ccc(CN3CCN(C(=O)OC(C)(C)C)CC3)c(C(=O)NCC3CC3)c2)cc1F. The summed E-state index contributed by atoms with van der Waals surface area (Å²) in [5.74, 6) is 0.293. The van der Waals surface area contributed by atoms with Crippen LogP contribution in [0.15, 0.2) is 36.4 Å². The molecule has 0 aromatic heterocycles. The highest BCUT2D eigenvalue weighted by Gasteiger charge is 2.27. The van der Waals surface area contributed by atoms with Crippen molar-refractivity contribution in [2.45, 2.75) is 52.3 Å². The van der Waals surface area contributed by atoms with Gasteiger partial charge in [-0.15, -0.1) is 0 Å². The number of nitrogens with zero attached hydrogens (tertiary/aromatic N) is 2. The monoisotopic (exact) mass is 526 g/mol. The number of methoxy groups -OCH3 is 1. The van der Waals surface area contributed by atoms with E-state index < -0.39 is 11.4 Å². The molecule has 2 amide bonds. The molecular formula is C29H39FN4O4. The van der Waals surface area contributed by atoms with E-state index in [9.17, 15) is 14.0 Å². The van der Waals surface area contributed by atoms with Crippen molar-refractivity contribution >= 4 is 17.7 Å². The van der Waals surface area contributed by atoms with Crippen LogP contribution in [0.1, 0.15) is 55.1 Å². The van der Waals surface area contributed by atoms with E-state index in [0.717, 1.165) is 29.7 Å². The number of ether oxygens (including phenoxy) is 2. The summed E-state index contributed by atoms with van der Waals surface area (Å²) < 4.78 is 24.6. The molecule has 206 valence electrons. The summed E-state index contributed by atoms with van der Waals surface area (Å²) in [6.45, 7) is 9.87. The van der Waals surface area contributed by atoms with Crippen molar-refractivity contribution in [3.05, 3.63) is 58.9 Å². The second kappa shape index (κ2) is 12.0. The van der Waals surface area contributed by atoms with Gasteiger partial charge in [0.1, 0.15) is 5.60 Å². The van der Waals surface area contributed by atoms with Gasteiger partial charge in [-0.2, -0.15) is 0 Å². The third kappa shape index (κ3) is 7.84. The molecule has 0 bridgehead atoms. The minimum Gasteiger partial charge on any atom is -0.494 e. The molecule has 9 heteroatoms. The van der Waals surface area contributed by atoms with E-state index in [1.807, 2.05) is 45.0 Å². The van der Waals surface area contributed by atoms with Crippen molar-refractivity contribution in [1.82, 2.24) is 15.1 Å². The van der Waals surface area contributed by atoms with Crippen LogP contribution in [0.4, 0.5) is 14.9 Å². The minimum absolute atomic E-state index is 0.0848. The molecule has 2 aromatic carbocycles. The average Bonchev–Trinajstić information content (AvgIpc) is 3.71. The van der Waals surface area contributed by atoms with E-state index in [-0.39, 0.29) is 17.7 Å². The maximum absolute atomic E-state index is 14.1. The van der Waals surface area contributed by atoms with Gasteiger partial charge < -0.3 is 25.0 Å². The second-order valence-corrected chi connectivity index (χ2v) is 11.1. The van der Waals surface area contributed by atoms with Crippen LogP contribution in [0.2, 0.25) is 0 Å². The van der Waals surface area contributed by atoms with Gasteiger partial charge in [0.2, 0.25) is 0 Å². The Morgan fingerprint density at radius 3 is 2.42 bits per heavy atom. The highest BCUT2D eigenvalue weighted by atomic mass is 19.1. The number of nitrogens with one attached hydrogen (secondary N) is 2. The first kappa shape index (κ1) is 27.7. The summed E-state index contributed by atoms with van der Waals surface area (Å²) >= 11 is 0. The first-order chi connectivity index (χ1) is 18.1. The van der Waals surface area contributed by atoms with E-state index in [1.165, 1.54) is 13.2 Å². The third-order valence-electron chi connectivity index (χ3n) is 6.73. The topological polar surface area (TPSA) is 83.1 Å². The van der Waals surface area contributed by atoms with Gasteiger partial charge in [0, 0.05) is 57.1 Å². The number of halogens is 1. The summed E-state index contributed by atoms with van der Waals surface area (Å²) in [4.78, 5) is 29.6. The molecule has 1 saturated carbocycles. The zero-order valence-corrected chi connectivity index (χ0v) is 22.8. The van der Waals surface area contributed by atoms with E-state index in [4.69, 9.17) is 9.47 Å². The fourth-order valence-electron chi connectivity index (χ4n) is 4.37. The fraction of sp³-hybridized carbons (Fsp3) is 0.517. The molecule has 2 fully saturated rings. The lowest BCUT2D eigenvalue weighted by molar-refractivity contribution is 0.0139. The molecule has 1 saturated heterocycles. The van der Waals surface area contributed by atoms with Gasteiger partial charge in [-0.05, 0) is 74.9 Å². The van der Waals surface area contributed by atoms with Gasteiger partial charge in [0.25, 0.3) is 5.91 Å². The number of carbonyl (C=O) groups excluding carboxylic acids is 2. The number of hydrogen-bond donors (Lipinski definition) is 2. The molecule has 2 aliphatic rings. The van der Waals surface area contributed by atoms with Gasteiger partial charge in [0.15, 0.2) is 11.6 Å². The smallest absolute Gasteiger partial charge is 0.410 e. The normalized spacial score (nSPS) is 16.2. The molecule has 8 nitrogen and oxygen atoms in total. The van der Waals surface area contributed by atoms with Gasteiger partial charge in [-0.25, -0.2) is 9.18 Å². The summed E-state index contributed by atoms with van der Waals surface area (Å²) in [6.07, 6.45) is 2.04. The number of carbonyl (C=O) groups is 2. The maximum Gasteiger partial charge on any atom is 0.410 e. The Morgan fingerprint density at radius 1 is 1.05 bits per heavy atom. The predicted octanol–water partition coefficient (Wildman–Crippen LogP) is 4.64. The Morgan fingerprint density at radius 2 is 1.79 bits per heavy atom. The van der Waals surface area contributed by atoms with Gasteiger partial charge in [0.05, 0.1) is 7.11 Å². The lowest BCUT2D eigenvalue weighted by atomic mass is 10.0. The van der Waals surface area contributed by atoms with Crippen LogP contribution in [-0.4, -0.2) is 67.2 Å². The van der Waals surface area contributed by atoms with Crippen molar-refractivity contribution < 1.29 is 23.5 Å². The summed E-state index contributed by atoms with van der Waals surface area (Å²) in [6, 6.07) is 10.7. The predicted molar refractivity (Wildman–Crippen MR) is 145 cm³/mol. The van der Waals surface area contributed by atoms with Crippen molar-refractivity contribution in [3.8, 4) is 5.75 Å². The zero-order valence-electron chi connectivity index (χ0n) is 22.8.